The highest BCUT2D eigenvalue weighted by Crippen LogP contribution is 2.24. The van der Waals surface area contributed by atoms with Crippen LogP contribution < -0.4 is 0 Å². The Kier molecular flexibility index (Phi) is 3.64. The van der Waals surface area contributed by atoms with E-state index in [2.05, 4.69) is 0 Å². The van der Waals surface area contributed by atoms with E-state index in [1.165, 1.54) is 0 Å². The predicted molar refractivity (Wildman–Crippen MR) is 58.9 cm³/mol. The Balaban J connectivity index is 2.80. The molecule has 0 aromatic heterocycles. The molecule has 0 radical (unpaired) electrons. The van der Waals surface area contributed by atoms with Crippen molar-refractivity contribution in [3.05, 3.63) is 0 Å². The normalized spacial score (nSPS) is 24.9. The van der Waals surface area contributed by atoms with Gasteiger partial charge in [0.15, 0.2) is 5.78 Å². The standard InChI is InChI=1S/C11H16FNO5/c1-10(2,3)18-9(17)13-5-4-7(14)11(12,6-13)8(15)16/h4-6H2,1-3H3,(H,15,16). The Morgan fingerprint density at radius 1 is 1.44 bits per heavy atom. The number of hydrogen-bond acceptors (Lipinski definition) is 4. The molecule has 7 heteroatoms. The van der Waals surface area contributed by atoms with Gasteiger partial charge in [0, 0.05) is 13.0 Å². The third-order valence-electron chi connectivity index (χ3n) is 2.45. The van der Waals surface area contributed by atoms with Crippen LogP contribution in [0.25, 0.3) is 0 Å². The molecule has 1 fully saturated rings. The number of carbonyl (C=O) groups is 3. The molecule has 1 amide bonds. The summed E-state index contributed by atoms with van der Waals surface area (Å²) in [6, 6.07) is 0. The van der Waals surface area contributed by atoms with Crippen molar-refractivity contribution in [2.75, 3.05) is 13.1 Å². The van der Waals surface area contributed by atoms with Crippen molar-refractivity contribution in [2.24, 2.45) is 0 Å². The molecule has 0 saturated carbocycles. The second kappa shape index (κ2) is 4.55. The minimum Gasteiger partial charge on any atom is -0.478 e. The molecule has 1 aliphatic heterocycles. The van der Waals surface area contributed by atoms with Gasteiger partial charge in [0.1, 0.15) is 5.60 Å². The SMILES string of the molecule is CC(C)(C)OC(=O)N1CCC(=O)C(F)(C(=O)O)C1. The number of hydrogen-bond donors (Lipinski definition) is 1. The lowest BCUT2D eigenvalue weighted by Gasteiger charge is -2.34. The van der Waals surface area contributed by atoms with E-state index >= 15 is 0 Å². The predicted octanol–water partition coefficient (Wildman–Crippen LogP) is 0.989. The van der Waals surface area contributed by atoms with E-state index in [-0.39, 0.29) is 13.0 Å². The number of ketones is 1. The number of rotatable bonds is 1. The van der Waals surface area contributed by atoms with Gasteiger partial charge in [0.25, 0.3) is 5.67 Å². The molecule has 18 heavy (non-hydrogen) atoms. The number of likely N-dealkylation sites (tertiary alicyclic amines) is 1. The van der Waals surface area contributed by atoms with Crippen LogP contribution in [0.3, 0.4) is 0 Å². The van der Waals surface area contributed by atoms with Gasteiger partial charge in [-0.25, -0.2) is 14.0 Å². The van der Waals surface area contributed by atoms with Gasteiger partial charge in [-0.1, -0.05) is 0 Å². The molecular weight excluding hydrogens is 245 g/mol. The molecule has 0 spiro atoms. The average Bonchev–Trinajstić information content (AvgIpc) is 2.19. The Bertz CT molecular complexity index is 389. The molecular formula is C11H16FNO5. The number of carboxylic acids is 1. The molecule has 1 saturated heterocycles. The second-order valence-electron chi connectivity index (χ2n) is 5.18. The van der Waals surface area contributed by atoms with Crippen molar-refractivity contribution >= 4 is 17.8 Å². The molecule has 1 atom stereocenters. The largest absolute Gasteiger partial charge is 0.478 e. The van der Waals surface area contributed by atoms with Gasteiger partial charge in [-0.15, -0.1) is 0 Å². The number of nitrogens with zero attached hydrogens (tertiary/aromatic N) is 1. The number of piperidine rings is 1. The zero-order valence-electron chi connectivity index (χ0n) is 10.5. The van der Waals surface area contributed by atoms with E-state index in [4.69, 9.17) is 9.84 Å². The molecule has 0 aromatic rings. The van der Waals surface area contributed by atoms with Crippen molar-refractivity contribution in [3.8, 4) is 0 Å². The van der Waals surface area contributed by atoms with Crippen LogP contribution in [-0.2, 0) is 14.3 Å². The molecule has 1 rings (SSSR count). The van der Waals surface area contributed by atoms with E-state index in [0.29, 0.717) is 0 Å². The topological polar surface area (TPSA) is 83.9 Å². The molecule has 6 nitrogen and oxygen atoms in total. The quantitative estimate of drug-likeness (QED) is 0.711. The van der Waals surface area contributed by atoms with Crippen molar-refractivity contribution in [2.45, 2.75) is 38.5 Å². The summed E-state index contributed by atoms with van der Waals surface area (Å²) in [6.07, 6.45) is -1.15. The monoisotopic (exact) mass is 261 g/mol. The summed E-state index contributed by atoms with van der Waals surface area (Å²) in [7, 11) is 0. The van der Waals surface area contributed by atoms with Crippen LogP contribution in [0.15, 0.2) is 0 Å². The van der Waals surface area contributed by atoms with Crippen LogP contribution >= 0.6 is 0 Å². The Morgan fingerprint density at radius 3 is 2.44 bits per heavy atom. The lowest BCUT2D eigenvalue weighted by atomic mass is 9.93. The summed E-state index contributed by atoms with van der Waals surface area (Å²) in [4.78, 5) is 34.6. The highest BCUT2D eigenvalue weighted by molar-refractivity contribution is 6.07. The van der Waals surface area contributed by atoms with Crippen LogP contribution in [0, 0.1) is 0 Å². The minimum absolute atomic E-state index is 0.0350. The van der Waals surface area contributed by atoms with E-state index in [9.17, 15) is 18.8 Å². The van der Waals surface area contributed by atoms with E-state index in [0.717, 1.165) is 4.90 Å². The first-order valence-corrected chi connectivity index (χ1v) is 5.50. The fourth-order valence-corrected chi connectivity index (χ4v) is 1.53. The fraction of sp³-hybridized carbons (Fsp3) is 0.727. The van der Waals surface area contributed by atoms with Crippen LogP contribution in [0.2, 0.25) is 0 Å². The maximum absolute atomic E-state index is 13.9. The summed E-state index contributed by atoms with van der Waals surface area (Å²) in [5, 5.41) is 8.73. The van der Waals surface area contributed by atoms with Crippen LogP contribution in [0.5, 0.6) is 0 Å². The molecule has 1 N–H and O–H groups in total. The lowest BCUT2D eigenvalue weighted by molar-refractivity contribution is -0.160. The first-order valence-electron chi connectivity index (χ1n) is 5.50. The van der Waals surface area contributed by atoms with Crippen molar-refractivity contribution < 1.29 is 28.6 Å². The van der Waals surface area contributed by atoms with E-state index < -0.39 is 35.7 Å². The van der Waals surface area contributed by atoms with E-state index in [1.54, 1.807) is 20.8 Å². The number of amides is 1. The number of alkyl halides is 1. The Labute approximate surface area is 104 Å². The van der Waals surface area contributed by atoms with Gasteiger partial charge < -0.3 is 14.7 Å². The Morgan fingerprint density at radius 2 is 2.00 bits per heavy atom. The first kappa shape index (κ1) is 14.4. The fourth-order valence-electron chi connectivity index (χ4n) is 1.53. The summed E-state index contributed by atoms with van der Waals surface area (Å²) in [5.41, 5.74) is -3.80. The summed E-state index contributed by atoms with van der Waals surface area (Å²) in [5.74, 6) is -2.89. The summed E-state index contributed by atoms with van der Waals surface area (Å²) >= 11 is 0. The van der Waals surface area contributed by atoms with Gasteiger partial charge in [0.2, 0.25) is 0 Å². The number of ether oxygens (including phenoxy) is 1. The smallest absolute Gasteiger partial charge is 0.410 e. The lowest BCUT2D eigenvalue weighted by Crippen LogP contribution is -2.58. The van der Waals surface area contributed by atoms with Crippen LogP contribution in [0.1, 0.15) is 27.2 Å². The average molecular weight is 261 g/mol. The highest BCUT2D eigenvalue weighted by Gasteiger charge is 2.51. The third kappa shape index (κ3) is 2.96. The molecule has 1 aliphatic rings. The molecule has 0 bridgehead atoms. The van der Waals surface area contributed by atoms with Crippen LogP contribution in [-0.4, -0.2) is 52.2 Å². The summed E-state index contributed by atoms with van der Waals surface area (Å²) in [6.45, 7) is 4.07. The first-order chi connectivity index (χ1) is 8.06. The van der Waals surface area contributed by atoms with Gasteiger partial charge in [-0.2, -0.15) is 0 Å². The van der Waals surface area contributed by atoms with Gasteiger partial charge >= 0.3 is 12.1 Å². The third-order valence-corrected chi connectivity index (χ3v) is 2.45. The van der Waals surface area contributed by atoms with Crippen molar-refractivity contribution in [1.82, 2.24) is 4.90 Å². The zero-order valence-corrected chi connectivity index (χ0v) is 10.5. The van der Waals surface area contributed by atoms with Crippen molar-refractivity contribution in [1.29, 1.82) is 0 Å². The van der Waals surface area contributed by atoms with Gasteiger partial charge in [-0.3, -0.25) is 4.79 Å². The zero-order chi connectivity index (χ0) is 14.1. The number of halogens is 1. The minimum atomic E-state index is -3.03. The highest BCUT2D eigenvalue weighted by atomic mass is 19.1. The number of aliphatic carboxylic acids is 1. The van der Waals surface area contributed by atoms with E-state index in [1.807, 2.05) is 0 Å². The number of Topliss-reactive ketones (excluding diaryl/α,β-unsaturated/α-hetero) is 1. The molecule has 0 aromatic carbocycles. The second-order valence-corrected chi connectivity index (χ2v) is 5.18. The molecule has 102 valence electrons. The Hall–Kier alpha value is -1.66. The number of carboxylic acid groups (broad SMARTS) is 1. The maximum Gasteiger partial charge on any atom is 0.410 e. The van der Waals surface area contributed by atoms with Gasteiger partial charge in [-0.05, 0) is 20.8 Å². The van der Waals surface area contributed by atoms with Crippen molar-refractivity contribution in [3.63, 3.8) is 0 Å². The molecule has 0 aliphatic carbocycles. The number of carbonyl (C=O) groups excluding carboxylic acids is 2. The maximum atomic E-state index is 13.9. The molecule has 1 heterocycles. The van der Waals surface area contributed by atoms with Gasteiger partial charge in [0.05, 0.1) is 6.54 Å². The van der Waals surface area contributed by atoms with Crippen LogP contribution in [0.4, 0.5) is 9.18 Å². The summed E-state index contributed by atoms with van der Waals surface area (Å²) < 4.78 is 18.9. The molecule has 1 unspecified atom stereocenters.